The number of rotatable bonds is 3. The van der Waals surface area contributed by atoms with Crippen molar-refractivity contribution in [2.75, 3.05) is 13.2 Å². The smallest absolute Gasteiger partial charge is 0.381 e. The van der Waals surface area contributed by atoms with Gasteiger partial charge in [-0.1, -0.05) is 6.92 Å². The Morgan fingerprint density at radius 2 is 2.19 bits per heavy atom. The lowest BCUT2D eigenvalue weighted by Crippen LogP contribution is -2.32. The standard InChI is InChI=1S/C10H13F3N2O/c1-2-8-3-9(10(11,12)13)14-15(8)4-7-5-16-6-7/h3,7H,2,4-6H2,1H3. The molecule has 2 rings (SSSR count). The van der Waals surface area contributed by atoms with Gasteiger partial charge in [-0.3, -0.25) is 4.68 Å². The van der Waals surface area contributed by atoms with Gasteiger partial charge in [0.05, 0.1) is 13.2 Å². The van der Waals surface area contributed by atoms with Gasteiger partial charge < -0.3 is 4.74 Å². The van der Waals surface area contributed by atoms with Gasteiger partial charge in [0.1, 0.15) is 0 Å². The van der Waals surface area contributed by atoms with Gasteiger partial charge in [0, 0.05) is 18.2 Å². The number of aryl methyl sites for hydroxylation is 1. The summed E-state index contributed by atoms with van der Waals surface area (Å²) in [4.78, 5) is 0. The molecule has 1 aliphatic heterocycles. The van der Waals surface area contributed by atoms with Gasteiger partial charge in [-0.25, -0.2) is 0 Å². The first-order chi connectivity index (χ1) is 7.50. The average molecular weight is 234 g/mol. The maximum Gasteiger partial charge on any atom is 0.435 e. The van der Waals surface area contributed by atoms with Crippen LogP contribution in [0.1, 0.15) is 18.3 Å². The first-order valence-electron chi connectivity index (χ1n) is 5.22. The van der Waals surface area contributed by atoms with Crippen LogP contribution < -0.4 is 0 Å². The molecule has 0 radical (unpaired) electrons. The number of aromatic nitrogens is 2. The predicted octanol–water partition coefficient (Wildman–Crippen LogP) is 2.11. The molecule has 0 spiro atoms. The van der Waals surface area contributed by atoms with Gasteiger partial charge in [0.25, 0.3) is 0 Å². The van der Waals surface area contributed by atoms with Crippen LogP contribution in [-0.4, -0.2) is 23.0 Å². The lowest BCUT2D eigenvalue weighted by atomic mass is 10.1. The van der Waals surface area contributed by atoms with Crippen molar-refractivity contribution in [3.8, 4) is 0 Å². The summed E-state index contributed by atoms with van der Waals surface area (Å²) in [6, 6.07) is 1.12. The highest BCUT2D eigenvalue weighted by Crippen LogP contribution is 2.29. The largest absolute Gasteiger partial charge is 0.435 e. The van der Waals surface area contributed by atoms with Gasteiger partial charge >= 0.3 is 6.18 Å². The number of nitrogens with zero attached hydrogens (tertiary/aromatic N) is 2. The minimum atomic E-state index is -4.36. The fraction of sp³-hybridized carbons (Fsp3) is 0.700. The third-order valence-electron chi connectivity index (χ3n) is 2.65. The topological polar surface area (TPSA) is 27.1 Å². The van der Waals surface area contributed by atoms with Crippen LogP contribution >= 0.6 is 0 Å². The zero-order valence-corrected chi connectivity index (χ0v) is 8.92. The lowest BCUT2D eigenvalue weighted by Gasteiger charge is -2.26. The molecular weight excluding hydrogens is 221 g/mol. The number of alkyl halides is 3. The van der Waals surface area contributed by atoms with Gasteiger partial charge in [-0.2, -0.15) is 18.3 Å². The normalized spacial score (nSPS) is 17.5. The fourth-order valence-electron chi connectivity index (χ4n) is 1.67. The SMILES string of the molecule is CCc1cc(C(F)(F)F)nn1CC1COC1. The van der Waals surface area contributed by atoms with Crippen LogP contribution in [0.15, 0.2) is 6.07 Å². The molecule has 0 saturated carbocycles. The first-order valence-corrected chi connectivity index (χ1v) is 5.22. The molecule has 0 aromatic carbocycles. The van der Waals surface area contributed by atoms with E-state index >= 15 is 0 Å². The second kappa shape index (κ2) is 4.08. The lowest BCUT2D eigenvalue weighted by molar-refractivity contribution is -0.141. The van der Waals surface area contributed by atoms with Gasteiger partial charge in [0.15, 0.2) is 5.69 Å². The summed E-state index contributed by atoms with van der Waals surface area (Å²) in [5.41, 5.74) is -0.177. The maximum atomic E-state index is 12.5. The fourth-order valence-corrected chi connectivity index (χ4v) is 1.67. The molecule has 0 N–H and O–H groups in total. The molecule has 0 aliphatic carbocycles. The Kier molecular flexibility index (Phi) is 2.92. The molecule has 1 fully saturated rings. The number of ether oxygens (including phenoxy) is 1. The summed E-state index contributed by atoms with van der Waals surface area (Å²) < 4.78 is 43.8. The summed E-state index contributed by atoms with van der Waals surface area (Å²) in [5.74, 6) is 0.297. The Balaban J connectivity index is 2.18. The van der Waals surface area contributed by atoms with Crippen LogP contribution in [0, 0.1) is 5.92 Å². The Morgan fingerprint density at radius 1 is 1.50 bits per heavy atom. The summed E-state index contributed by atoms with van der Waals surface area (Å²) >= 11 is 0. The second-order valence-electron chi connectivity index (χ2n) is 3.96. The van der Waals surface area contributed by atoms with Gasteiger partial charge in [-0.15, -0.1) is 0 Å². The predicted molar refractivity (Wildman–Crippen MR) is 50.9 cm³/mol. The van der Waals surface area contributed by atoms with Crippen molar-refractivity contribution < 1.29 is 17.9 Å². The zero-order valence-electron chi connectivity index (χ0n) is 8.92. The molecule has 2 heterocycles. The Labute approximate surface area is 91.2 Å². The van der Waals surface area contributed by atoms with E-state index in [1.807, 2.05) is 6.92 Å². The summed E-state index contributed by atoms with van der Waals surface area (Å²) in [5, 5.41) is 3.61. The van der Waals surface area contributed by atoms with E-state index in [9.17, 15) is 13.2 Å². The van der Waals surface area contributed by atoms with Crippen LogP contribution in [0.5, 0.6) is 0 Å². The first kappa shape index (κ1) is 11.4. The van der Waals surface area contributed by atoms with Crippen molar-refractivity contribution in [2.24, 2.45) is 5.92 Å². The highest BCUT2D eigenvalue weighted by molar-refractivity contribution is 5.13. The van der Waals surface area contributed by atoms with E-state index in [2.05, 4.69) is 5.10 Å². The molecule has 6 heteroatoms. The maximum absolute atomic E-state index is 12.5. The molecule has 16 heavy (non-hydrogen) atoms. The van der Waals surface area contributed by atoms with Crippen molar-refractivity contribution in [1.29, 1.82) is 0 Å². The molecule has 1 aromatic rings. The molecule has 0 amide bonds. The third kappa shape index (κ3) is 2.21. The molecule has 1 saturated heterocycles. The molecule has 0 atom stereocenters. The van der Waals surface area contributed by atoms with Crippen molar-refractivity contribution >= 4 is 0 Å². The van der Waals surface area contributed by atoms with Crippen LogP contribution in [0.25, 0.3) is 0 Å². The van der Waals surface area contributed by atoms with E-state index < -0.39 is 11.9 Å². The monoisotopic (exact) mass is 234 g/mol. The van der Waals surface area contributed by atoms with E-state index in [0.717, 1.165) is 6.07 Å². The Hall–Kier alpha value is -1.04. The van der Waals surface area contributed by atoms with Crippen molar-refractivity contribution in [2.45, 2.75) is 26.1 Å². The average Bonchev–Trinajstić information content (AvgIpc) is 2.53. The summed E-state index contributed by atoms with van der Waals surface area (Å²) in [6.45, 7) is 3.57. The molecule has 90 valence electrons. The van der Waals surface area contributed by atoms with E-state index in [1.165, 1.54) is 4.68 Å². The van der Waals surface area contributed by atoms with E-state index in [-0.39, 0.29) is 0 Å². The number of hydrogen-bond donors (Lipinski definition) is 0. The minimum Gasteiger partial charge on any atom is -0.381 e. The highest BCUT2D eigenvalue weighted by atomic mass is 19.4. The molecule has 0 bridgehead atoms. The van der Waals surface area contributed by atoms with Crippen molar-refractivity contribution in [3.63, 3.8) is 0 Å². The quantitative estimate of drug-likeness (QED) is 0.800. The van der Waals surface area contributed by atoms with E-state index in [4.69, 9.17) is 4.74 Å². The van der Waals surface area contributed by atoms with Crippen molar-refractivity contribution in [3.05, 3.63) is 17.5 Å². The third-order valence-corrected chi connectivity index (χ3v) is 2.65. The van der Waals surface area contributed by atoms with Crippen LogP contribution in [-0.2, 0) is 23.9 Å². The second-order valence-corrected chi connectivity index (χ2v) is 3.96. The van der Waals surface area contributed by atoms with Crippen LogP contribution in [0.3, 0.4) is 0 Å². The molecule has 3 nitrogen and oxygen atoms in total. The Morgan fingerprint density at radius 3 is 2.62 bits per heavy atom. The number of halogens is 3. The minimum absolute atomic E-state index is 0.297. The summed E-state index contributed by atoms with van der Waals surface area (Å²) in [7, 11) is 0. The van der Waals surface area contributed by atoms with Crippen LogP contribution in [0.2, 0.25) is 0 Å². The molecule has 0 unspecified atom stereocenters. The molecule has 1 aromatic heterocycles. The molecule has 1 aliphatic rings. The van der Waals surface area contributed by atoms with Crippen LogP contribution in [0.4, 0.5) is 13.2 Å². The summed E-state index contributed by atoms with van der Waals surface area (Å²) in [6.07, 6.45) is -3.80. The number of hydrogen-bond acceptors (Lipinski definition) is 2. The van der Waals surface area contributed by atoms with Gasteiger partial charge in [0.2, 0.25) is 0 Å². The van der Waals surface area contributed by atoms with Crippen molar-refractivity contribution in [1.82, 2.24) is 9.78 Å². The highest BCUT2D eigenvalue weighted by Gasteiger charge is 2.35. The Bertz CT molecular complexity index is 369. The molecular formula is C10H13F3N2O. The van der Waals surface area contributed by atoms with E-state index in [0.29, 0.717) is 37.8 Å². The zero-order chi connectivity index (χ0) is 11.8. The van der Waals surface area contributed by atoms with Gasteiger partial charge in [-0.05, 0) is 12.5 Å². The van der Waals surface area contributed by atoms with E-state index in [1.54, 1.807) is 0 Å².